The third-order valence-corrected chi connectivity index (χ3v) is 3.17. The molecule has 0 heterocycles. The topological polar surface area (TPSA) is 20.3 Å². The predicted octanol–water partition coefficient (Wildman–Crippen LogP) is 4.01. The highest BCUT2D eigenvalue weighted by Gasteiger charge is 2.10. The van der Waals surface area contributed by atoms with Gasteiger partial charge in [0.2, 0.25) is 0 Å². The summed E-state index contributed by atoms with van der Waals surface area (Å²) in [6.45, 7) is 7.11. The van der Waals surface area contributed by atoms with E-state index in [-0.39, 0.29) is 24.1 Å². The summed E-state index contributed by atoms with van der Waals surface area (Å²) in [6, 6.07) is 8.38. The van der Waals surface area contributed by atoms with E-state index in [4.69, 9.17) is 0 Å². The minimum Gasteiger partial charge on any atom is -0.309 e. The SMILES string of the molecule is CC(CN(C)C)C(=O)C=Cc1ccc(C(C)C)cc1.Cl. The molecule has 1 aromatic carbocycles. The Labute approximate surface area is 129 Å². The quantitative estimate of drug-likeness (QED) is 0.739. The summed E-state index contributed by atoms with van der Waals surface area (Å²) in [5.74, 6) is 0.766. The van der Waals surface area contributed by atoms with E-state index < -0.39 is 0 Å². The van der Waals surface area contributed by atoms with Crippen LogP contribution in [0.25, 0.3) is 6.08 Å². The van der Waals surface area contributed by atoms with Gasteiger partial charge in [-0.15, -0.1) is 12.4 Å². The van der Waals surface area contributed by atoms with Gasteiger partial charge in [-0.1, -0.05) is 51.1 Å². The monoisotopic (exact) mass is 295 g/mol. The Balaban J connectivity index is 0.00000361. The van der Waals surface area contributed by atoms with E-state index in [0.717, 1.165) is 12.1 Å². The molecule has 0 aliphatic carbocycles. The number of allylic oxidation sites excluding steroid dienone is 1. The molecule has 3 heteroatoms. The molecular weight excluding hydrogens is 270 g/mol. The molecule has 0 N–H and O–H groups in total. The van der Waals surface area contributed by atoms with Crippen molar-refractivity contribution in [2.45, 2.75) is 26.7 Å². The summed E-state index contributed by atoms with van der Waals surface area (Å²) in [5, 5.41) is 0. The van der Waals surface area contributed by atoms with Crippen LogP contribution in [0.15, 0.2) is 30.3 Å². The number of halogens is 1. The average Bonchev–Trinajstić information content (AvgIpc) is 2.35. The molecule has 20 heavy (non-hydrogen) atoms. The summed E-state index contributed by atoms with van der Waals surface area (Å²) in [5.41, 5.74) is 2.40. The van der Waals surface area contributed by atoms with Crippen LogP contribution < -0.4 is 0 Å². The standard InChI is InChI=1S/C17H25NO.ClH/c1-13(2)16-9-6-15(7-10-16)8-11-17(19)14(3)12-18(4)5;/h6-11,13-14H,12H2,1-5H3;1H. The Bertz CT molecular complexity index is 435. The van der Waals surface area contributed by atoms with Crippen molar-refractivity contribution >= 4 is 24.3 Å². The van der Waals surface area contributed by atoms with Gasteiger partial charge in [0.15, 0.2) is 5.78 Å². The highest BCUT2D eigenvalue weighted by atomic mass is 35.5. The number of ketones is 1. The van der Waals surface area contributed by atoms with Gasteiger partial charge in [0.05, 0.1) is 0 Å². The molecule has 0 fully saturated rings. The summed E-state index contributed by atoms with van der Waals surface area (Å²) >= 11 is 0. The molecule has 0 aliphatic rings. The second-order valence-corrected chi connectivity index (χ2v) is 5.72. The molecule has 1 atom stereocenters. The smallest absolute Gasteiger partial charge is 0.159 e. The van der Waals surface area contributed by atoms with Crippen molar-refractivity contribution in [2.75, 3.05) is 20.6 Å². The minimum atomic E-state index is 0. The molecule has 2 nitrogen and oxygen atoms in total. The number of hydrogen-bond donors (Lipinski definition) is 0. The second kappa shape index (κ2) is 8.93. The van der Waals surface area contributed by atoms with Gasteiger partial charge in [0.1, 0.15) is 0 Å². The number of benzene rings is 1. The number of carbonyl (C=O) groups is 1. The lowest BCUT2D eigenvalue weighted by Gasteiger charge is -2.13. The molecule has 0 aliphatic heterocycles. The Morgan fingerprint density at radius 1 is 1.15 bits per heavy atom. The molecule has 1 rings (SSSR count). The van der Waals surface area contributed by atoms with E-state index in [9.17, 15) is 4.79 Å². The molecule has 0 bridgehead atoms. The third-order valence-electron chi connectivity index (χ3n) is 3.17. The van der Waals surface area contributed by atoms with Crippen LogP contribution in [-0.4, -0.2) is 31.3 Å². The molecule has 0 amide bonds. The van der Waals surface area contributed by atoms with E-state index in [1.165, 1.54) is 5.56 Å². The van der Waals surface area contributed by atoms with Crippen molar-refractivity contribution in [3.63, 3.8) is 0 Å². The van der Waals surface area contributed by atoms with Crippen molar-refractivity contribution in [1.29, 1.82) is 0 Å². The molecule has 0 saturated heterocycles. The fourth-order valence-electron chi connectivity index (χ4n) is 1.97. The first-order valence-corrected chi connectivity index (χ1v) is 6.86. The fourth-order valence-corrected chi connectivity index (χ4v) is 1.97. The van der Waals surface area contributed by atoms with Crippen molar-refractivity contribution in [3.8, 4) is 0 Å². The molecule has 0 spiro atoms. The van der Waals surface area contributed by atoms with Crippen LogP contribution in [0.4, 0.5) is 0 Å². The predicted molar refractivity (Wildman–Crippen MR) is 89.5 cm³/mol. The summed E-state index contributed by atoms with van der Waals surface area (Å²) in [7, 11) is 3.97. The highest BCUT2D eigenvalue weighted by molar-refractivity contribution is 5.95. The van der Waals surface area contributed by atoms with Crippen LogP contribution in [0.2, 0.25) is 0 Å². The molecule has 1 aromatic rings. The average molecular weight is 296 g/mol. The molecule has 1 unspecified atom stereocenters. The van der Waals surface area contributed by atoms with Gasteiger partial charge < -0.3 is 4.90 Å². The highest BCUT2D eigenvalue weighted by Crippen LogP contribution is 2.15. The van der Waals surface area contributed by atoms with Crippen LogP contribution in [-0.2, 0) is 4.79 Å². The van der Waals surface area contributed by atoms with Crippen LogP contribution >= 0.6 is 12.4 Å². The van der Waals surface area contributed by atoms with E-state index in [0.29, 0.717) is 5.92 Å². The number of rotatable bonds is 6. The lowest BCUT2D eigenvalue weighted by atomic mass is 10.0. The minimum absolute atomic E-state index is 0. The fraction of sp³-hybridized carbons (Fsp3) is 0.471. The Morgan fingerprint density at radius 3 is 2.15 bits per heavy atom. The molecular formula is C17H26ClNO. The maximum absolute atomic E-state index is 11.9. The van der Waals surface area contributed by atoms with Crippen LogP contribution in [0.1, 0.15) is 37.8 Å². The van der Waals surface area contributed by atoms with Gasteiger partial charge in [-0.3, -0.25) is 4.79 Å². The summed E-state index contributed by atoms with van der Waals surface area (Å²) in [4.78, 5) is 13.9. The zero-order valence-electron chi connectivity index (χ0n) is 13.1. The second-order valence-electron chi connectivity index (χ2n) is 5.72. The van der Waals surface area contributed by atoms with Crippen LogP contribution in [0.3, 0.4) is 0 Å². The number of hydrogen-bond acceptors (Lipinski definition) is 2. The first kappa shape index (κ1) is 18.9. The maximum atomic E-state index is 11.9. The van der Waals surface area contributed by atoms with Crippen molar-refractivity contribution in [3.05, 3.63) is 41.5 Å². The van der Waals surface area contributed by atoms with Gasteiger partial charge in [-0.2, -0.15) is 0 Å². The third kappa shape index (κ3) is 6.36. The van der Waals surface area contributed by atoms with Crippen molar-refractivity contribution < 1.29 is 4.79 Å². The number of nitrogens with zero attached hydrogens (tertiary/aromatic N) is 1. The Morgan fingerprint density at radius 2 is 1.70 bits per heavy atom. The first-order valence-electron chi connectivity index (χ1n) is 6.86. The van der Waals surface area contributed by atoms with E-state index >= 15 is 0 Å². The lowest BCUT2D eigenvalue weighted by Crippen LogP contribution is -2.24. The van der Waals surface area contributed by atoms with E-state index in [2.05, 4.69) is 38.1 Å². The van der Waals surface area contributed by atoms with Gasteiger partial charge in [-0.25, -0.2) is 0 Å². The van der Waals surface area contributed by atoms with Gasteiger partial charge in [0.25, 0.3) is 0 Å². The molecule has 0 saturated carbocycles. The number of carbonyl (C=O) groups excluding carboxylic acids is 1. The van der Waals surface area contributed by atoms with Crippen LogP contribution in [0, 0.1) is 5.92 Å². The summed E-state index contributed by atoms with van der Waals surface area (Å²) < 4.78 is 0. The maximum Gasteiger partial charge on any atom is 0.159 e. The zero-order chi connectivity index (χ0) is 14.4. The zero-order valence-corrected chi connectivity index (χ0v) is 13.9. The normalized spacial score (nSPS) is 12.8. The van der Waals surface area contributed by atoms with E-state index in [1.54, 1.807) is 6.08 Å². The van der Waals surface area contributed by atoms with Crippen molar-refractivity contribution in [1.82, 2.24) is 4.90 Å². The first-order chi connectivity index (χ1) is 8.90. The molecule has 112 valence electrons. The molecule has 0 aromatic heterocycles. The Kier molecular flexibility index (Phi) is 8.43. The van der Waals surface area contributed by atoms with Crippen LogP contribution in [0.5, 0.6) is 0 Å². The van der Waals surface area contributed by atoms with Crippen molar-refractivity contribution in [2.24, 2.45) is 5.92 Å². The Hall–Kier alpha value is -1.12. The summed E-state index contributed by atoms with van der Waals surface area (Å²) in [6.07, 6.45) is 3.59. The van der Waals surface area contributed by atoms with Gasteiger partial charge >= 0.3 is 0 Å². The van der Waals surface area contributed by atoms with E-state index in [1.807, 2.05) is 32.0 Å². The molecule has 0 radical (unpaired) electrons. The largest absolute Gasteiger partial charge is 0.309 e. The van der Waals surface area contributed by atoms with Gasteiger partial charge in [-0.05, 0) is 37.2 Å². The van der Waals surface area contributed by atoms with Gasteiger partial charge in [0, 0.05) is 12.5 Å². The lowest BCUT2D eigenvalue weighted by molar-refractivity contribution is -0.118.